The number of para-hydroxylation sites is 1. The second kappa shape index (κ2) is 4.84. The number of halogens is 1. The van der Waals surface area contributed by atoms with Gasteiger partial charge in [0, 0.05) is 12.8 Å². The van der Waals surface area contributed by atoms with Gasteiger partial charge in [0.1, 0.15) is 5.75 Å². The second-order valence-electron chi connectivity index (χ2n) is 4.48. The van der Waals surface area contributed by atoms with Gasteiger partial charge in [0.15, 0.2) is 0 Å². The maximum Gasteiger partial charge on any atom is 0.141 e. The van der Waals surface area contributed by atoms with Crippen LogP contribution in [-0.4, -0.2) is 32.0 Å². The molecule has 1 aromatic carbocycles. The minimum atomic E-state index is 0.350. The maximum absolute atomic E-state index is 6.17. The van der Waals surface area contributed by atoms with Gasteiger partial charge in [-0.2, -0.15) is 0 Å². The highest BCUT2D eigenvalue weighted by molar-refractivity contribution is 6.32. The standard InChI is InChI=1S/C13H15ClO3/c14-12-3-1-2-9(6-11-8-17-11)13(12)15-5-4-10-7-16-10/h1-3,10-11H,4-8H2. The molecule has 0 amide bonds. The van der Waals surface area contributed by atoms with Crippen molar-refractivity contribution in [3.63, 3.8) is 0 Å². The zero-order valence-corrected chi connectivity index (χ0v) is 10.3. The van der Waals surface area contributed by atoms with Crippen LogP contribution in [0.15, 0.2) is 18.2 Å². The molecule has 92 valence electrons. The smallest absolute Gasteiger partial charge is 0.141 e. The molecule has 2 heterocycles. The van der Waals surface area contributed by atoms with Crippen molar-refractivity contribution in [3.8, 4) is 5.75 Å². The molecule has 2 fully saturated rings. The number of epoxide rings is 2. The molecule has 17 heavy (non-hydrogen) atoms. The maximum atomic E-state index is 6.17. The van der Waals surface area contributed by atoms with E-state index in [9.17, 15) is 0 Å². The first-order chi connectivity index (χ1) is 8.33. The number of rotatable bonds is 6. The fourth-order valence-electron chi connectivity index (χ4n) is 1.83. The van der Waals surface area contributed by atoms with Gasteiger partial charge in [0.05, 0.1) is 37.1 Å². The van der Waals surface area contributed by atoms with Crippen molar-refractivity contribution in [1.29, 1.82) is 0 Å². The molecule has 2 atom stereocenters. The van der Waals surface area contributed by atoms with E-state index >= 15 is 0 Å². The summed E-state index contributed by atoms with van der Waals surface area (Å²) in [7, 11) is 0. The Morgan fingerprint density at radius 2 is 2.00 bits per heavy atom. The summed E-state index contributed by atoms with van der Waals surface area (Å²) in [4.78, 5) is 0. The molecule has 3 nitrogen and oxygen atoms in total. The van der Waals surface area contributed by atoms with Gasteiger partial charge in [0.25, 0.3) is 0 Å². The zero-order chi connectivity index (χ0) is 11.7. The van der Waals surface area contributed by atoms with Crippen LogP contribution in [0.4, 0.5) is 0 Å². The van der Waals surface area contributed by atoms with Gasteiger partial charge >= 0.3 is 0 Å². The van der Waals surface area contributed by atoms with Crippen molar-refractivity contribution in [2.45, 2.75) is 25.0 Å². The third-order valence-corrected chi connectivity index (χ3v) is 3.28. The molecule has 0 saturated carbocycles. The zero-order valence-electron chi connectivity index (χ0n) is 9.52. The van der Waals surface area contributed by atoms with Crippen LogP contribution in [0.1, 0.15) is 12.0 Å². The molecular formula is C13H15ClO3. The molecule has 2 aliphatic heterocycles. The minimum Gasteiger partial charge on any atom is -0.492 e. The van der Waals surface area contributed by atoms with E-state index in [0.717, 1.165) is 37.4 Å². The Kier molecular flexibility index (Phi) is 3.23. The van der Waals surface area contributed by atoms with Crippen molar-refractivity contribution in [1.82, 2.24) is 0 Å². The Morgan fingerprint density at radius 1 is 1.24 bits per heavy atom. The fourth-order valence-corrected chi connectivity index (χ4v) is 2.08. The van der Waals surface area contributed by atoms with Gasteiger partial charge < -0.3 is 14.2 Å². The molecule has 0 aromatic heterocycles. The van der Waals surface area contributed by atoms with E-state index in [2.05, 4.69) is 6.07 Å². The lowest BCUT2D eigenvalue weighted by Gasteiger charge is -2.12. The molecule has 0 radical (unpaired) electrons. The molecule has 2 aliphatic rings. The highest BCUT2D eigenvalue weighted by Crippen LogP contribution is 2.32. The quantitative estimate of drug-likeness (QED) is 0.732. The first-order valence-corrected chi connectivity index (χ1v) is 6.34. The summed E-state index contributed by atoms with van der Waals surface area (Å²) < 4.78 is 16.2. The van der Waals surface area contributed by atoms with E-state index in [0.29, 0.717) is 23.8 Å². The summed E-state index contributed by atoms with van der Waals surface area (Å²) in [6.45, 7) is 2.38. The van der Waals surface area contributed by atoms with Crippen LogP contribution in [0.5, 0.6) is 5.75 Å². The van der Waals surface area contributed by atoms with Gasteiger partial charge in [-0.15, -0.1) is 0 Å². The number of hydrogen-bond donors (Lipinski definition) is 0. The fraction of sp³-hybridized carbons (Fsp3) is 0.538. The summed E-state index contributed by atoms with van der Waals surface area (Å²) in [5, 5.41) is 0.680. The van der Waals surface area contributed by atoms with Crippen LogP contribution in [-0.2, 0) is 15.9 Å². The average molecular weight is 255 g/mol. The predicted octanol–water partition coefficient (Wildman–Crippen LogP) is 2.45. The third kappa shape index (κ3) is 3.12. The molecule has 4 heteroatoms. The van der Waals surface area contributed by atoms with Crippen molar-refractivity contribution in [3.05, 3.63) is 28.8 Å². The molecule has 2 saturated heterocycles. The highest BCUT2D eigenvalue weighted by Gasteiger charge is 2.25. The van der Waals surface area contributed by atoms with E-state index < -0.39 is 0 Å². The summed E-state index contributed by atoms with van der Waals surface area (Å²) >= 11 is 6.17. The summed E-state index contributed by atoms with van der Waals surface area (Å²) in [5.74, 6) is 0.810. The average Bonchev–Trinajstić information content (AvgIpc) is 3.16. The molecule has 0 bridgehead atoms. The van der Waals surface area contributed by atoms with Crippen molar-refractivity contribution >= 4 is 11.6 Å². The monoisotopic (exact) mass is 254 g/mol. The van der Waals surface area contributed by atoms with E-state index in [1.807, 2.05) is 12.1 Å². The molecule has 3 rings (SSSR count). The minimum absolute atomic E-state index is 0.350. The Bertz CT molecular complexity index is 400. The molecule has 1 aromatic rings. The first kappa shape index (κ1) is 11.3. The van der Waals surface area contributed by atoms with Gasteiger partial charge in [-0.3, -0.25) is 0 Å². The van der Waals surface area contributed by atoms with Gasteiger partial charge in [-0.25, -0.2) is 0 Å². The second-order valence-corrected chi connectivity index (χ2v) is 4.89. The lowest BCUT2D eigenvalue weighted by Crippen LogP contribution is -2.05. The van der Waals surface area contributed by atoms with Crippen LogP contribution < -0.4 is 4.74 Å². The third-order valence-electron chi connectivity index (χ3n) is 2.99. The SMILES string of the molecule is Clc1cccc(CC2CO2)c1OCCC1CO1. The van der Waals surface area contributed by atoms with Gasteiger partial charge in [0.2, 0.25) is 0 Å². The highest BCUT2D eigenvalue weighted by atomic mass is 35.5. The lowest BCUT2D eigenvalue weighted by atomic mass is 10.1. The molecule has 0 N–H and O–H groups in total. The Morgan fingerprint density at radius 3 is 2.71 bits per heavy atom. The Balaban J connectivity index is 1.65. The summed E-state index contributed by atoms with van der Waals surface area (Å²) in [5.41, 5.74) is 1.14. The van der Waals surface area contributed by atoms with Crippen LogP contribution in [0.2, 0.25) is 5.02 Å². The van der Waals surface area contributed by atoms with Crippen molar-refractivity contribution in [2.75, 3.05) is 19.8 Å². The van der Waals surface area contributed by atoms with Crippen molar-refractivity contribution in [2.24, 2.45) is 0 Å². The topological polar surface area (TPSA) is 34.3 Å². The van der Waals surface area contributed by atoms with Crippen LogP contribution in [0, 0.1) is 0 Å². The van der Waals surface area contributed by atoms with E-state index in [4.69, 9.17) is 25.8 Å². The first-order valence-electron chi connectivity index (χ1n) is 5.96. The number of ether oxygens (including phenoxy) is 3. The summed E-state index contributed by atoms with van der Waals surface area (Å²) in [6, 6.07) is 5.87. The predicted molar refractivity (Wildman–Crippen MR) is 64.7 cm³/mol. The Labute approximate surface area is 106 Å². The molecule has 0 aliphatic carbocycles. The summed E-state index contributed by atoms with van der Waals surface area (Å²) in [6.07, 6.45) is 2.57. The van der Waals surface area contributed by atoms with Gasteiger partial charge in [-0.05, 0) is 11.6 Å². The van der Waals surface area contributed by atoms with E-state index in [-0.39, 0.29) is 0 Å². The largest absolute Gasteiger partial charge is 0.492 e. The normalized spacial score (nSPS) is 25.7. The van der Waals surface area contributed by atoms with E-state index in [1.54, 1.807) is 0 Å². The van der Waals surface area contributed by atoms with Crippen LogP contribution in [0.3, 0.4) is 0 Å². The van der Waals surface area contributed by atoms with Gasteiger partial charge in [-0.1, -0.05) is 23.7 Å². The Hall–Kier alpha value is -0.770. The number of hydrogen-bond acceptors (Lipinski definition) is 3. The lowest BCUT2D eigenvalue weighted by molar-refractivity contribution is 0.280. The van der Waals surface area contributed by atoms with E-state index in [1.165, 1.54) is 0 Å². The molecule has 2 unspecified atom stereocenters. The van der Waals surface area contributed by atoms with Crippen LogP contribution >= 0.6 is 11.6 Å². The van der Waals surface area contributed by atoms with Crippen molar-refractivity contribution < 1.29 is 14.2 Å². The number of benzene rings is 1. The molecule has 0 spiro atoms. The molecular weight excluding hydrogens is 240 g/mol. The van der Waals surface area contributed by atoms with Crippen LogP contribution in [0.25, 0.3) is 0 Å².